The summed E-state index contributed by atoms with van der Waals surface area (Å²) in [5.74, 6) is 0.338. The molecule has 4 heteroatoms. The second-order valence-corrected chi connectivity index (χ2v) is 4.05. The molecule has 1 unspecified atom stereocenters. The fourth-order valence-electron chi connectivity index (χ4n) is 1.55. The Balaban J connectivity index is 4.51. The van der Waals surface area contributed by atoms with Gasteiger partial charge in [0, 0.05) is 33.0 Å². The minimum atomic E-state index is -0.0237. The number of nitrogens with zero attached hydrogens (tertiary/aromatic N) is 1. The van der Waals surface area contributed by atoms with E-state index in [0.717, 1.165) is 0 Å². The Morgan fingerprint density at radius 2 is 1.87 bits per heavy atom. The summed E-state index contributed by atoms with van der Waals surface area (Å²) >= 11 is 0. The van der Waals surface area contributed by atoms with Crippen LogP contribution in [-0.2, 0) is 9.59 Å². The Morgan fingerprint density at radius 3 is 2.20 bits per heavy atom. The van der Waals surface area contributed by atoms with Gasteiger partial charge in [0.05, 0.1) is 0 Å². The van der Waals surface area contributed by atoms with Crippen molar-refractivity contribution in [2.75, 3.05) is 14.1 Å². The first-order chi connectivity index (χ1) is 6.93. The summed E-state index contributed by atoms with van der Waals surface area (Å²) < 4.78 is 0. The van der Waals surface area contributed by atoms with Crippen molar-refractivity contribution >= 4 is 11.8 Å². The zero-order valence-electron chi connectivity index (χ0n) is 10.3. The van der Waals surface area contributed by atoms with Crippen molar-refractivity contribution in [2.45, 2.75) is 39.7 Å². The highest BCUT2D eigenvalue weighted by molar-refractivity contribution is 5.79. The second-order valence-electron chi connectivity index (χ2n) is 4.05. The topological polar surface area (TPSA) is 49.4 Å². The molecule has 1 atom stereocenters. The van der Waals surface area contributed by atoms with Crippen molar-refractivity contribution in [1.82, 2.24) is 10.2 Å². The number of rotatable bonds is 5. The lowest BCUT2D eigenvalue weighted by Crippen LogP contribution is -2.42. The van der Waals surface area contributed by atoms with Crippen molar-refractivity contribution in [2.24, 2.45) is 5.92 Å². The van der Waals surface area contributed by atoms with Gasteiger partial charge in [-0.15, -0.1) is 0 Å². The van der Waals surface area contributed by atoms with Crippen LogP contribution in [0.2, 0.25) is 0 Å². The first kappa shape index (κ1) is 13.9. The van der Waals surface area contributed by atoms with E-state index < -0.39 is 0 Å². The molecule has 2 amide bonds. The summed E-state index contributed by atoms with van der Waals surface area (Å²) in [6.45, 7) is 5.87. The molecule has 0 saturated heterocycles. The normalized spacial score (nSPS) is 12.4. The van der Waals surface area contributed by atoms with Crippen LogP contribution in [-0.4, -0.2) is 36.9 Å². The molecule has 0 fully saturated rings. The molecule has 0 radical (unpaired) electrons. The van der Waals surface area contributed by atoms with E-state index in [1.165, 1.54) is 0 Å². The lowest BCUT2D eigenvalue weighted by atomic mass is 9.99. The summed E-state index contributed by atoms with van der Waals surface area (Å²) in [4.78, 5) is 24.5. The third-order valence-corrected chi connectivity index (χ3v) is 2.64. The fourth-order valence-corrected chi connectivity index (χ4v) is 1.55. The van der Waals surface area contributed by atoms with Gasteiger partial charge in [-0.3, -0.25) is 9.59 Å². The zero-order valence-corrected chi connectivity index (χ0v) is 10.3. The number of hydrogen-bond acceptors (Lipinski definition) is 2. The van der Waals surface area contributed by atoms with Crippen molar-refractivity contribution in [1.29, 1.82) is 0 Å². The lowest BCUT2D eigenvalue weighted by molar-refractivity contribution is -0.133. The van der Waals surface area contributed by atoms with E-state index in [4.69, 9.17) is 0 Å². The van der Waals surface area contributed by atoms with Gasteiger partial charge in [-0.1, -0.05) is 20.8 Å². The average molecular weight is 214 g/mol. The largest absolute Gasteiger partial charge is 0.359 e. The van der Waals surface area contributed by atoms with Gasteiger partial charge in [0.2, 0.25) is 11.8 Å². The van der Waals surface area contributed by atoms with E-state index >= 15 is 0 Å². The number of carbonyl (C=O) groups excluding carboxylic acids is 2. The summed E-state index contributed by atoms with van der Waals surface area (Å²) in [5, 5.41) is 2.59. The number of nitrogens with one attached hydrogen (secondary N) is 1. The van der Waals surface area contributed by atoms with Gasteiger partial charge in [0.15, 0.2) is 0 Å². The standard InChI is InChI=1S/C11H22N2O2/c1-6-11(15)13(5)9(8(2)3)7-10(14)12-4/h8-9H,6-7H2,1-5H3,(H,12,14). The molecule has 88 valence electrons. The van der Waals surface area contributed by atoms with Gasteiger partial charge >= 0.3 is 0 Å². The molecule has 1 N–H and O–H groups in total. The van der Waals surface area contributed by atoms with Crippen LogP contribution in [0.4, 0.5) is 0 Å². The highest BCUT2D eigenvalue weighted by Gasteiger charge is 2.24. The first-order valence-corrected chi connectivity index (χ1v) is 5.40. The predicted molar refractivity (Wildman–Crippen MR) is 60.4 cm³/mol. The van der Waals surface area contributed by atoms with E-state index in [-0.39, 0.29) is 23.8 Å². The Morgan fingerprint density at radius 1 is 1.33 bits per heavy atom. The molecule has 0 aromatic heterocycles. The summed E-state index contributed by atoms with van der Waals surface area (Å²) in [6, 6.07) is -0.0163. The Kier molecular flexibility index (Phi) is 5.97. The minimum absolute atomic E-state index is 0.0163. The van der Waals surface area contributed by atoms with E-state index in [0.29, 0.717) is 12.8 Å². The minimum Gasteiger partial charge on any atom is -0.359 e. The average Bonchev–Trinajstić information content (AvgIpc) is 2.22. The van der Waals surface area contributed by atoms with Gasteiger partial charge in [-0.25, -0.2) is 0 Å². The predicted octanol–water partition coefficient (Wildman–Crippen LogP) is 1.02. The second kappa shape index (κ2) is 6.43. The fraction of sp³-hybridized carbons (Fsp3) is 0.818. The molecule has 0 aliphatic heterocycles. The van der Waals surface area contributed by atoms with Gasteiger partial charge in [0.1, 0.15) is 0 Å². The molecule has 0 spiro atoms. The molecule has 0 aromatic rings. The van der Waals surface area contributed by atoms with Crippen LogP contribution < -0.4 is 5.32 Å². The molecule has 0 saturated carbocycles. The van der Waals surface area contributed by atoms with Crippen molar-refractivity contribution < 1.29 is 9.59 Å². The molecular formula is C11H22N2O2. The van der Waals surface area contributed by atoms with E-state index in [9.17, 15) is 9.59 Å². The van der Waals surface area contributed by atoms with E-state index in [2.05, 4.69) is 5.32 Å². The SMILES string of the molecule is CCC(=O)N(C)C(CC(=O)NC)C(C)C. The summed E-state index contributed by atoms with van der Waals surface area (Å²) in [7, 11) is 3.38. The maximum absolute atomic E-state index is 11.5. The maximum Gasteiger partial charge on any atom is 0.222 e. The van der Waals surface area contributed by atoms with Crippen LogP contribution in [0.25, 0.3) is 0 Å². The Bertz CT molecular complexity index is 227. The van der Waals surface area contributed by atoms with Gasteiger partial charge in [0.25, 0.3) is 0 Å². The van der Waals surface area contributed by atoms with Crippen molar-refractivity contribution in [3.8, 4) is 0 Å². The third-order valence-electron chi connectivity index (χ3n) is 2.64. The number of hydrogen-bond donors (Lipinski definition) is 1. The quantitative estimate of drug-likeness (QED) is 0.742. The highest BCUT2D eigenvalue weighted by Crippen LogP contribution is 2.14. The highest BCUT2D eigenvalue weighted by atomic mass is 16.2. The first-order valence-electron chi connectivity index (χ1n) is 5.40. The van der Waals surface area contributed by atoms with Gasteiger partial charge in [-0.05, 0) is 5.92 Å². The molecule has 0 aliphatic rings. The zero-order chi connectivity index (χ0) is 12.0. The van der Waals surface area contributed by atoms with Crippen LogP contribution in [0, 0.1) is 5.92 Å². The molecule has 0 rings (SSSR count). The van der Waals surface area contributed by atoms with Gasteiger partial charge < -0.3 is 10.2 Å². The van der Waals surface area contributed by atoms with E-state index in [1.54, 1.807) is 19.0 Å². The number of carbonyl (C=O) groups is 2. The van der Waals surface area contributed by atoms with Crippen LogP contribution in [0.15, 0.2) is 0 Å². The summed E-state index contributed by atoms with van der Waals surface area (Å²) in [5.41, 5.74) is 0. The van der Waals surface area contributed by atoms with E-state index in [1.807, 2.05) is 20.8 Å². The molecule has 4 nitrogen and oxygen atoms in total. The molecule has 0 aliphatic carbocycles. The van der Waals surface area contributed by atoms with Crippen LogP contribution in [0.3, 0.4) is 0 Å². The lowest BCUT2D eigenvalue weighted by Gasteiger charge is -2.30. The molecule has 0 heterocycles. The maximum atomic E-state index is 11.5. The molecular weight excluding hydrogens is 192 g/mol. The molecule has 0 bridgehead atoms. The van der Waals surface area contributed by atoms with Crippen LogP contribution >= 0.6 is 0 Å². The van der Waals surface area contributed by atoms with Crippen LogP contribution in [0.5, 0.6) is 0 Å². The summed E-state index contributed by atoms with van der Waals surface area (Å²) in [6.07, 6.45) is 0.851. The molecule has 15 heavy (non-hydrogen) atoms. The Hall–Kier alpha value is -1.06. The number of amides is 2. The smallest absolute Gasteiger partial charge is 0.222 e. The van der Waals surface area contributed by atoms with Crippen LogP contribution in [0.1, 0.15) is 33.6 Å². The monoisotopic (exact) mass is 214 g/mol. The third kappa shape index (κ3) is 4.32. The van der Waals surface area contributed by atoms with Crippen molar-refractivity contribution in [3.05, 3.63) is 0 Å². The Labute approximate surface area is 92.0 Å². The molecule has 0 aromatic carbocycles. The van der Waals surface area contributed by atoms with Gasteiger partial charge in [-0.2, -0.15) is 0 Å². The van der Waals surface area contributed by atoms with Crippen molar-refractivity contribution in [3.63, 3.8) is 0 Å².